The normalized spacial score (nSPS) is 14.9. The number of nitrogens with zero attached hydrogens (tertiary/aromatic N) is 1. The number of benzene rings is 3. The molecule has 4 rings (SSSR count). The molecule has 10 nitrogen and oxygen atoms in total. The number of methoxy groups -OCH3 is 1. The molecule has 1 heterocycles. The summed E-state index contributed by atoms with van der Waals surface area (Å²) in [6, 6.07) is 20.5. The SMILES string of the molecule is COc1ccc2c(c1)S[C@@H](NC(=O)CC(C)(C)N)C(=O)N(Cc1ccc(-c3ccccc3NC(=O)NCCO)cc1)C2. The average Bonchev–Trinajstić information content (AvgIpc) is 3.07. The van der Waals surface area contributed by atoms with E-state index in [4.69, 9.17) is 15.6 Å². The van der Waals surface area contributed by atoms with E-state index in [9.17, 15) is 14.4 Å². The van der Waals surface area contributed by atoms with Crippen molar-refractivity contribution in [3.05, 3.63) is 77.9 Å². The Bertz CT molecular complexity index is 1420. The van der Waals surface area contributed by atoms with Crippen molar-refractivity contribution >= 4 is 35.3 Å². The molecule has 3 aromatic rings. The fraction of sp³-hybridized carbons (Fsp3) is 0.323. The van der Waals surface area contributed by atoms with Gasteiger partial charge in [-0.15, -0.1) is 0 Å². The maximum absolute atomic E-state index is 13.8. The molecule has 0 aliphatic carbocycles. The van der Waals surface area contributed by atoms with E-state index in [0.29, 0.717) is 24.5 Å². The molecule has 1 aliphatic rings. The van der Waals surface area contributed by atoms with Crippen LogP contribution in [0.2, 0.25) is 0 Å². The van der Waals surface area contributed by atoms with Crippen LogP contribution in [0.15, 0.2) is 71.6 Å². The lowest BCUT2D eigenvalue weighted by Crippen LogP contribution is -2.47. The van der Waals surface area contributed by atoms with Crippen molar-refractivity contribution in [2.75, 3.05) is 25.6 Å². The summed E-state index contributed by atoms with van der Waals surface area (Å²) in [7, 11) is 1.59. The van der Waals surface area contributed by atoms with Gasteiger partial charge in [0.25, 0.3) is 5.91 Å². The van der Waals surface area contributed by atoms with Crippen LogP contribution in [0.3, 0.4) is 0 Å². The number of hydrogen-bond donors (Lipinski definition) is 5. The molecule has 6 N–H and O–H groups in total. The molecule has 0 spiro atoms. The van der Waals surface area contributed by atoms with Crippen molar-refractivity contribution in [3.8, 4) is 16.9 Å². The summed E-state index contributed by atoms with van der Waals surface area (Å²) in [5, 5.41) is 16.4. The molecule has 1 aliphatic heterocycles. The minimum atomic E-state index is -0.817. The van der Waals surface area contributed by atoms with Gasteiger partial charge < -0.3 is 36.4 Å². The molecular weight excluding hydrogens is 554 g/mol. The molecule has 4 amide bonds. The highest BCUT2D eigenvalue weighted by Gasteiger charge is 2.32. The summed E-state index contributed by atoms with van der Waals surface area (Å²) in [6.45, 7) is 4.26. The van der Waals surface area contributed by atoms with E-state index in [2.05, 4.69) is 16.0 Å². The van der Waals surface area contributed by atoms with Gasteiger partial charge in [0, 0.05) is 42.1 Å². The Morgan fingerprint density at radius 2 is 1.86 bits per heavy atom. The molecule has 0 unspecified atom stereocenters. The van der Waals surface area contributed by atoms with E-state index < -0.39 is 16.9 Å². The predicted molar refractivity (Wildman–Crippen MR) is 164 cm³/mol. The zero-order valence-electron chi connectivity index (χ0n) is 24.0. The van der Waals surface area contributed by atoms with Gasteiger partial charge >= 0.3 is 6.03 Å². The van der Waals surface area contributed by atoms with Crippen LogP contribution in [-0.4, -0.2) is 59.0 Å². The first-order chi connectivity index (χ1) is 20.1. The van der Waals surface area contributed by atoms with Gasteiger partial charge in [-0.3, -0.25) is 9.59 Å². The van der Waals surface area contributed by atoms with Crippen LogP contribution in [0.1, 0.15) is 31.4 Å². The Labute approximate surface area is 250 Å². The number of anilines is 1. The maximum Gasteiger partial charge on any atom is 0.319 e. The Morgan fingerprint density at radius 1 is 1.12 bits per heavy atom. The Balaban J connectivity index is 1.55. The number of carbonyl (C=O) groups excluding carboxylic acids is 3. The quantitative estimate of drug-likeness (QED) is 0.242. The maximum atomic E-state index is 13.8. The first kappa shape index (κ1) is 30.9. The second-order valence-corrected chi connectivity index (χ2v) is 11.9. The van der Waals surface area contributed by atoms with Gasteiger partial charge in [0.15, 0.2) is 5.37 Å². The summed E-state index contributed by atoms with van der Waals surface area (Å²) in [4.78, 5) is 41.3. The standard InChI is InChI=1S/C31H37N5O5S/c1-31(2,32)17-27(38)35-28-29(39)36(19-22-12-13-23(41-3)16-26(22)42-28)18-20-8-10-21(11-9-20)24-6-4-5-7-25(24)34-30(40)33-14-15-37/h4-13,16,28,37H,14-15,17-19,32H2,1-3H3,(H,35,38)(H2,33,34,40)/t28-/m1/s1. The molecule has 0 bridgehead atoms. The van der Waals surface area contributed by atoms with Gasteiger partial charge in [0.05, 0.1) is 19.4 Å². The highest BCUT2D eigenvalue weighted by molar-refractivity contribution is 8.00. The predicted octanol–water partition coefficient (Wildman–Crippen LogP) is 3.68. The van der Waals surface area contributed by atoms with E-state index in [1.807, 2.05) is 66.7 Å². The van der Waals surface area contributed by atoms with Gasteiger partial charge in [-0.2, -0.15) is 0 Å². The van der Waals surface area contributed by atoms with Crippen LogP contribution in [0.5, 0.6) is 5.75 Å². The average molecular weight is 592 g/mol. The number of para-hydroxylation sites is 1. The van der Waals surface area contributed by atoms with E-state index >= 15 is 0 Å². The molecule has 11 heteroatoms. The summed E-state index contributed by atoms with van der Waals surface area (Å²) in [5.74, 6) is 0.179. The van der Waals surface area contributed by atoms with Crippen LogP contribution >= 0.6 is 11.8 Å². The monoisotopic (exact) mass is 591 g/mol. The molecule has 0 saturated heterocycles. The number of aliphatic hydroxyl groups is 1. The lowest BCUT2D eigenvalue weighted by molar-refractivity contribution is -0.135. The number of aliphatic hydroxyl groups excluding tert-OH is 1. The summed E-state index contributed by atoms with van der Waals surface area (Å²) in [6.07, 6.45) is 0.0865. The van der Waals surface area contributed by atoms with Crippen LogP contribution in [0.4, 0.5) is 10.5 Å². The number of ether oxygens (including phenoxy) is 1. The fourth-order valence-electron chi connectivity index (χ4n) is 4.55. The molecule has 42 heavy (non-hydrogen) atoms. The minimum Gasteiger partial charge on any atom is -0.497 e. The molecule has 222 valence electrons. The fourth-order valence-corrected chi connectivity index (χ4v) is 5.72. The van der Waals surface area contributed by atoms with E-state index in [1.54, 1.807) is 25.9 Å². The number of rotatable bonds is 10. The first-order valence-electron chi connectivity index (χ1n) is 13.6. The third-order valence-corrected chi connectivity index (χ3v) is 7.72. The second-order valence-electron chi connectivity index (χ2n) is 10.7. The zero-order chi connectivity index (χ0) is 30.3. The number of nitrogens with one attached hydrogen (secondary N) is 3. The molecule has 1 atom stereocenters. The first-order valence-corrected chi connectivity index (χ1v) is 14.5. The second kappa shape index (κ2) is 13.7. The zero-order valence-corrected chi connectivity index (χ0v) is 24.8. The number of thioether (sulfide) groups is 1. The molecular formula is C31H37N5O5S. The number of urea groups is 1. The van der Waals surface area contributed by atoms with E-state index in [-0.39, 0.29) is 31.4 Å². The van der Waals surface area contributed by atoms with Crippen LogP contribution in [0.25, 0.3) is 11.1 Å². The van der Waals surface area contributed by atoms with Crippen molar-refractivity contribution in [2.45, 2.75) is 49.2 Å². The lowest BCUT2D eigenvalue weighted by Gasteiger charge is -2.26. The Morgan fingerprint density at radius 3 is 2.55 bits per heavy atom. The molecule has 0 aromatic heterocycles. The largest absolute Gasteiger partial charge is 0.497 e. The minimum absolute atomic E-state index is 0.0865. The summed E-state index contributed by atoms with van der Waals surface area (Å²) in [5.41, 5.74) is 9.56. The summed E-state index contributed by atoms with van der Waals surface area (Å²) >= 11 is 1.30. The summed E-state index contributed by atoms with van der Waals surface area (Å²) < 4.78 is 5.39. The van der Waals surface area contributed by atoms with Crippen LogP contribution in [-0.2, 0) is 22.7 Å². The number of amides is 4. The van der Waals surface area contributed by atoms with Gasteiger partial charge in [-0.05, 0) is 48.7 Å². The highest BCUT2D eigenvalue weighted by Crippen LogP contribution is 2.35. The Kier molecular flexibility index (Phi) is 10.1. The third-order valence-electron chi connectivity index (χ3n) is 6.54. The van der Waals surface area contributed by atoms with Crippen LogP contribution < -0.4 is 26.4 Å². The topological polar surface area (TPSA) is 146 Å². The van der Waals surface area contributed by atoms with Gasteiger partial charge in [-0.25, -0.2) is 4.79 Å². The number of nitrogens with two attached hydrogens (primary N) is 1. The van der Waals surface area contributed by atoms with Crippen molar-refractivity contribution < 1.29 is 24.2 Å². The number of carbonyl (C=O) groups is 3. The van der Waals surface area contributed by atoms with Crippen molar-refractivity contribution in [1.82, 2.24) is 15.5 Å². The van der Waals surface area contributed by atoms with Crippen molar-refractivity contribution in [2.24, 2.45) is 5.73 Å². The van der Waals surface area contributed by atoms with Gasteiger partial charge in [-0.1, -0.05) is 60.3 Å². The van der Waals surface area contributed by atoms with Gasteiger partial charge in [0.2, 0.25) is 5.91 Å². The smallest absolute Gasteiger partial charge is 0.319 e. The highest BCUT2D eigenvalue weighted by atomic mass is 32.2. The Hall–Kier alpha value is -4.06. The van der Waals surface area contributed by atoms with Crippen LogP contribution in [0, 0.1) is 0 Å². The van der Waals surface area contributed by atoms with E-state index in [0.717, 1.165) is 27.1 Å². The van der Waals surface area contributed by atoms with E-state index in [1.165, 1.54) is 11.8 Å². The number of hydrogen-bond acceptors (Lipinski definition) is 7. The third kappa shape index (κ3) is 8.25. The molecule has 3 aromatic carbocycles. The lowest BCUT2D eigenvalue weighted by atomic mass is 10.0. The van der Waals surface area contributed by atoms with Crippen molar-refractivity contribution in [3.63, 3.8) is 0 Å². The molecule has 0 fully saturated rings. The van der Waals surface area contributed by atoms with Gasteiger partial charge in [0.1, 0.15) is 5.75 Å². The molecule has 0 saturated carbocycles. The van der Waals surface area contributed by atoms with Crippen molar-refractivity contribution in [1.29, 1.82) is 0 Å². The number of fused-ring (bicyclic) bond motifs is 1. The molecule has 0 radical (unpaired) electrons.